The van der Waals surface area contributed by atoms with E-state index in [-0.39, 0.29) is 4.90 Å². The van der Waals surface area contributed by atoms with Gasteiger partial charge >= 0.3 is 0 Å². The molecule has 1 aromatic rings. The summed E-state index contributed by atoms with van der Waals surface area (Å²) < 4.78 is 29.9. The molecule has 0 aromatic heterocycles. The number of sulfonamides is 1. The molecule has 6 nitrogen and oxygen atoms in total. The van der Waals surface area contributed by atoms with Crippen LogP contribution in [0, 0.1) is 0 Å². The maximum atomic E-state index is 12.1. The van der Waals surface area contributed by atoms with E-state index in [2.05, 4.69) is 26.2 Å². The molecule has 0 radical (unpaired) electrons. The number of amides is 1. The molecule has 1 fully saturated rings. The Morgan fingerprint density at radius 3 is 2.70 bits per heavy atom. The minimum absolute atomic E-state index is 0.0535. The number of hydrogen-bond donors (Lipinski definition) is 2. The van der Waals surface area contributed by atoms with Gasteiger partial charge in [-0.3, -0.25) is 10.2 Å². The van der Waals surface area contributed by atoms with Crippen LogP contribution in [0.3, 0.4) is 0 Å². The number of rotatable bonds is 4. The van der Waals surface area contributed by atoms with E-state index < -0.39 is 21.5 Å². The van der Waals surface area contributed by atoms with E-state index in [4.69, 9.17) is 4.74 Å². The fourth-order valence-electron chi connectivity index (χ4n) is 1.92. The number of benzene rings is 1. The highest BCUT2D eigenvalue weighted by Gasteiger charge is 2.38. The van der Waals surface area contributed by atoms with Crippen molar-refractivity contribution in [2.75, 3.05) is 6.61 Å². The van der Waals surface area contributed by atoms with Crippen LogP contribution < -0.4 is 10.3 Å². The standard InChI is InChI=1S/C12H15BrN2O4S/c1-12(7-4-8-19-12)11(16)14-15-20(17,18)10-6-3-2-5-9(10)13/h2-3,5-6,15H,4,7-8H2,1H3,(H,14,16). The highest BCUT2D eigenvalue weighted by Crippen LogP contribution is 2.25. The molecule has 20 heavy (non-hydrogen) atoms. The second-order valence-corrected chi connectivity index (χ2v) is 7.18. The highest BCUT2D eigenvalue weighted by molar-refractivity contribution is 9.10. The van der Waals surface area contributed by atoms with Crippen molar-refractivity contribution in [2.45, 2.75) is 30.3 Å². The summed E-state index contributed by atoms with van der Waals surface area (Å²) >= 11 is 3.16. The second kappa shape index (κ2) is 5.80. The molecule has 110 valence electrons. The molecule has 1 aliphatic rings. The molecule has 1 heterocycles. The van der Waals surface area contributed by atoms with E-state index in [1.807, 2.05) is 0 Å². The molecule has 1 aromatic carbocycles. The molecular formula is C12H15BrN2O4S. The van der Waals surface area contributed by atoms with Crippen molar-refractivity contribution in [1.82, 2.24) is 10.3 Å². The zero-order valence-corrected chi connectivity index (χ0v) is 13.3. The lowest BCUT2D eigenvalue weighted by Gasteiger charge is -2.22. The predicted octanol–water partition coefficient (Wildman–Crippen LogP) is 1.33. The van der Waals surface area contributed by atoms with Gasteiger partial charge in [0.2, 0.25) is 0 Å². The van der Waals surface area contributed by atoms with Gasteiger partial charge in [0, 0.05) is 11.1 Å². The minimum Gasteiger partial charge on any atom is -0.365 e. The summed E-state index contributed by atoms with van der Waals surface area (Å²) in [5.41, 5.74) is 1.23. The Kier molecular flexibility index (Phi) is 4.48. The fourth-order valence-corrected chi connectivity index (χ4v) is 3.77. The SMILES string of the molecule is CC1(C(=O)NNS(=O)(=O)c2ccccc2Br)CCCO1. The van der Waals surface area contributed by atoms with Crippen LogP contribution >= 0.6 is 15.9 Å². The number of halogens is 1. The lowest BCUT2D eigenvalue weighted by Crippen LogP contribution is -2.51. The van der Waals surface area contributed by atoms with Gasteiger partial charge in [-0.25, -0.2) is 8.42 Å². The van der Waals surface area contributed by atoms with Gasteiger partial charge in [0.15, 0.2) is 0 Å². The van der Waals surface area contributed by atoms with Crippen LogP contribution in [0.25, 0.3) is 0 Å². The van der Waals surface area contributed by atoms with Gasteiger partial charge in [0.1, 0.15) is 5.60 Å². The summed E-state index contributed by atoms with van der Waals surface area (Å²) in [6.07, 6.45) is 1.34. The Morgan fingerprint density at radius 2 is 2.10 bits per heavy atom. The summed E-state index contributed by atoms with van der Waals surface area (Å²) in [7, 11) is -3.83. The minimum atomic E-state index is -3.83. The third kappa shape index (κ3) is 3.20. The Morgan fingerprint density at radius 1 is 1.40 bits per heavy atom. The highest BCUT2D eigenvalue weighted by atomic mass is 79.9. The van der Waals surface area contributed by atoms with Gasteiger partial charge in [-0.1, -0.05) is 12.1 Å². The van der Waals surface area contributed by atoms with Crippen molar-refractivity contribution in [2.24, 2.45) is 0 Å². The van der Waals surface area contributed by atoms with Crippen molar-refractivity contribution in [3.05, 3.63) is 28.7 Å². The van der Waals surface area contributed by atoms with Crippen LogP contribution in [0.2, 0.25) is 0 Å². The van der Waals surface area contributed by atoms with Gasteiger partial charge in [-0.2, -0.15) is 0 Å². The number of nitrogens with one attached hydrogen (secondary N) is 2. The maximum Gasteiger partial charge on any atom is 0.266 e. The van der Waals surface area contributed by atoms with Gasteiger partial charge < -0.3 is 4.74 Å². The zero-order chi connectivity index (χ0) is 14.8. The molecule has 1 atom stereocenters. The molecule has 2 N–H and O–H groups in total. The Bertz CT molecular complexity index is 612. The molecule has 2 rings (SSSR count). The summed E-state index contributed by atoms with van der Waals surface area (Å²) in [6.45, 7) is 2.14. The van der Waals surface area contributed by atoms with Crippen LogP contribution in [0.1, 0.15) is 19.8 Å². The first kappa shape index (κ1) is 15.4. The smallest absolute Gasteiger partial charge is 0.266 e. The maximum absolute atomic E-state index is 12.1. The quantitative estimate of drug-likeness (QED) is 0.791. The number of hydrazine groups is 1. The molecule has 1 aliphatic heterocycles. The van der Waals surface area contributed by atoms with Gasteiger partial charge in [-0.05, 0) is 47.8 Å². The van der Waals surface area contributed by atoms with Crippen molar-refractivity contribution >= 4 is 31.9 Å². The van der Waals surface area contributed by atoms with Crippen molar-refractivity contribution in [3.63, 3.8) is 0 Å². The second-order valence-electron chi connectivity index (χ2n) is 4.67. The van der Waals surface area contributed by atoms with E-state index >= 15 is 0 Å². The van der Waals surface area contributed by atoms with E-state index in [1.54, 1.807) is 25.1 Å². The number of carbonyl (C=O) groups excluding carboxylic acids is 1. The third-order valence-electron chi connectivity index (χ3n) is 3.12. The molecule has 0 spiro atoms. The molecule has 0 aliphatic carbocycles. The topological polar surface area (TPSA) is 84.5 Å². The summed E-state index contributed by atoms with van der Waals surface area (Å²) in [5, 5.41) is 0. The number of ether oxygens (including phenoxy) is 1. The summed E-state index contributed by atoms with van der Waals surface area (Å²) in [6, 6.07) is 6.35. The van der Waals surface area contributed by atoms with Crippen LogP contribution in [-0.2, 0) is 19.6 Å². The van der Waals surface area contributed by atoms with Crippen molar-refractivity contribution in [1.29, 1.82) is 0 Å². The van der Waals surface area contributed by atoms with Crippen molar-refractivity contribution in [3.8, 4) is 0 Å². The fraction of sp³-hybridized carbons (Fsp3) is 0.417. The molecular weight excluding hydrogens is 348 g/mol. The van der Waals surface area contributed by atoms with Gasteiger partial charge in [0.05, 0.1) is 4.90 Å². The van der Waals surface area contributed by atoms with Crippen molar-refractivity contribution < 1.29 is 17.9 Å². The first-order chi connectivity index (χ1) is 9.35. The summed E-state index contributed by atoms with van der Waals surface area (Å²) in [5.74, 6) is -0.495. The first-order valence-corrected chi connectivity index (χ1v) is 8.33. The average molecular weight is 363 g/mol. The van der Waals surface area contributed by atoms with E-state index in [9.17, 15) is 13.2 Å². The van der Waals surface area contributed by atoms with E-state index in [0.29, 0.717) is 17.5 Å². The van der Waals surface area contributed by atoms with Crippen LogP contribution in [-0.4, -0.2) is 26.5 Å². The number of hydrogen-bond acceptors (Lipinski definition) is 4. The van der Waals surface area contributed by atoms with Gasteiger partial charge in [0.25, 0.3) is 15.9 Å². The van der Waals surface area contributed by atoms with Crippen LogP contribution in [0.4, 0.5) is 0 Å². The Balaban J connectivity index is 2.07. The molecule has 1 saturated heterocycles. The largest absolute Gasteiger partial charge is 0.365 e. The zero-order valence-electron chi connectivity index (χ0n) is 10.8. The third-order valence-corrected chi connectivity index (χ3v) is 5.38. The van der Waals surface area contributed by atoms with Gasteiger partial charge in [-0.15, -0.1) is 4.83 Å². The molecule has 0 bridgehead atoms. The molecule has 1 amide bonds. The Labute approximate surface area is 126 Å². The average Bonchev–Trinajstić information content (AvgIpc) is 2.84. The predicted molar refractivity (Wildman–Crippen MR) is 76.2 cm³/mol. The number of carbonyl (C=O) groups is 1. The van der Waals surface area contributed by atoms with Crippen LogP contribution in [0.5, 0.6) is 0 Å². The van der Waals surface area contributed by atoms with E-state index in [0.717, 1.165) is 6.42 Å². The normalized spacial score (nSPS) is 22.7. The molecule has 0 saturated carbocycles. The lowest BCUT2D eigenvalue weighted by atomic mass is 10.0. The molecule has 1 unspecified atom stereocenters. The van der Waals surface area contributed by atoms with Crippen LogP contribution in [0.15, 0.2) is 33.6 Å². The monoisotopic (exact) mass is 362 g/mol. The lowest BCUT2D eigenvalue weighted by molar-refractivity contribution is -0.140. The summed E-state index contributed by atoms with van der Waals surface area (Å²) in [4.78, 5) is 14.1. The molecule has 8 heteroatoms. The Hall–Kier alpha value is -0.960. The first-order valence-electron chi connectivity index (χ1n) is 6.06. The van der Waals surface area contributed by atoms with E-state index in [1.165, 1.54) is 6.07 Å².